The van der Waals surface area contributed by atoms with E-state index in [1.165, 1.54) is 25.7 Å². The van der Waals surface area contributed by atoms with Gasteiger partial charge in [-0.1, -0.05) is 31.0 Å². The van der Waals surface area contributed by atoms with Gasteiger partial charge in [-0.2, -0.15) is 0 Å². The maximum Gasteiger partial charge on any atom is 0.238 e. The minimum Gasteiger partial charge on any atom is -0.289 e. The molecule has 1 aliphatic carbocycles. The largest absolute Gasteiger partial charge is 0.289 e. The predicted molar refractivity (Wildman–Crippen MR) is 69.6 cm³/mol. The van der Waals surface area contributed by atoms with Gasteiger partial charge in [-0.25, -0.2) is 0 Å². The Bertz CT molecular complexity index is 358. The molecule has 0 unspecified atom stereocenters. The quantitative estimate of drug-likeness (QED) is 0.810. The molecule has 1 amide bonds. The van der Waals surface area contributed by atoms with Gasteiger partial charge in [0.1, 0.15) is 0 Å². The summed E-state index contributed by atoms with van der Waals surface area (Å²) in [6.45, 7) is 0. The summed E-state index contributed by atoms with van der Waals surface area (Å²) < 4.78 is 0. The van der Waals surface area contributed by atoms with Crippen LogP contribution < -0.4 is 10.4 Å². The number of anilines is 1. The number of hydrazine groups is 1. The predicted octanol–water partition coefficient (Wildman–Crippen LogP) is 2.73. The van der Waals surface area contributed by atoms with Crippen LogP contribution in [0.25, 0.3) is 0 Å². The number of amides is 1. The fraction of sp³-hybridized carbons (Fsp3) is 0.500. The van der Waals surface area contributed by atoms with Crippen molar-refractivity contribution in [2.24, 2.45) is 5.92 Å². The smallest absolute Gasteiger partial charge is 0.238 e. The van der Waals surface area contributed by atoms with Crippen LogP contribution in [0.4, 0.5) is 5.69 Å². The van der Waals surface area contributed by atoms with Crippen LogP contribution in [-0.4, -0.2) is 13.0 Å². The number of benzene rings is 1. The number of carbonyl (C=O) groups is 1. The van der Waals surface area contributed by atoms with Crippen molar-refractivity contribution in [3.63, 3.8) is 0 Å². The summed E-state index contributed by atoms with van der Waals surface area (Å²) in [6.07, 6.45) is 5.65. The monoisotopic (exact) mass is 232 g/mol. The highest BCUT2D eigenvalue weighted by Crippen LogP contribution is 2.27. The Hall–Kier alpha value is -1.51. The lowest BCUT2D eigenvalue weighted by atomic mass is 10.0. The molecule has 0 aromatic heterocycles. The number of nitrogens with one attached hydrogen (secondary N) is 1. The van der Waals surface area contributed by atoms with E-state index in [4.69, 9.17) is 0 Å². The van der Waals surface area contributed by atoms with E-state index in [2.05, 4.69) is 5.43 Å². The lowest BCUT2D eigenvalue weighted by Crippen LogP contribution is -2.39. The Morgan fingerprint density at radius 1 is 1.29 bits per heavy atom. The molecule has 1 fully saturated rings. The molecule has 1 aliphatic rings. The van der Waals surface area contributed by atoms with Gasteiger partial charge in [-0.05, 0) is 30.9 Å². The number of hydrogen-bond donors (Lipinski definition) is 1. The molecule has 0 atom stereocenters. The molecule has 0 heterocycles. The van der Waals surface area contributed by atoms with Gasteiger partial charge in [0.05, 0.1) is 5.69 Å². The number of para-hydroxylation sites is 1. The molecular formula is C14H20N2O. The summed E-state index contributed by atoms with van der Waals surface area (Å²) in [5, 5.41) is 1.79. The van der Waals surface area contributed by atoms with E-state index in [0.717, 1.165) is 5.69 Å². The second kappa shape index (κ2) is 5.71. The van der Waals surface area contributed by atoms with Crippen molar-refractivity contribution in [3.8, 4) is 0 Å². The van der Waals surface area contributed by atoms with Crippen LogP contribution in [0.2, 0.25) is 0 Å². The highest BCUT2D eigenvalue weighted by molar-refractivity contribution is 5.78. The fourth-order valence-electron chi connectivity index (χ4n) is 2.43. The summed E-state index contributed by atoms with van der Waals surface area (Å²) in [6, 6.07) is 9.87. The fourth-order valence-corrected chi connectivity index (χ4v) is 2.43. The molecule has 1 aromatic rings. The van der Waals surface area contributed by atoms with E-state index in [1.807, 2.05) is 37.4 Å². The lowest BCUT2D eigenvalue weighted by Gasteiger charge is -2.21. The Kier molecular flexibility index (Phi) is 4.02. The van der Waals surface area contributed by atoms with Crippen LogP contribution in [0.5, 0.6) is 0 Å². The van der Waals surface area contributed by atoms with Crippen LogP contribution >= 0.6 is 0 Å². The lowest BCUT2D eigenvalue weighted by molar-refractivity contribution is -0.122. The van der Waals surface area contributed by atoms with Gasteiger partial charge in [0.2, 0.25) is 5.91 Å². The topological polar surface area (TPSA) is 32.3 Å². The van der Waals surface area contributed by atoms with E-state index in [0.29, 0.717) is 12.3 Å². The molecule has 17 heavy (non-hydrogen) atoms. The second-order valence-corrected chi connectivity index (χ2v) is 4.78. The van der Waals surface area contributed by atoms with E-state index < -0.39 is 0 Å². The molecule has 2 rings (SSSR count). The van der Waals surface area contributed by atoms with E-state index >= 15 is 0 Å². The Labute approximate surface area is 103 Å². The van der Waals surface area contributed by atoms with Crippen molar-refractivity contribution in [2.75, 3.05) is 12.1 Å². The highest BCUT2D eigenvalue weighted by Gasteiger charge is 2.18. The van der Waals surface area contributed by atoms with Crippen molar-refractivity contribution >= 4 is 11.6 Å². The molecular weight excluding hydrogens is 212 g/mol. The first-order valence-electron chi connectivity index (χ1n) is 6.34. The number of carbonyl (C=O) groups excluding carboxylic acids is 1. The SMILES string of the molecule is CN(NC(=O)CC1CCCC1)c1ccccc1. The first-order chi connectivity index (χ1) is 8.25. The standard InChI is InChI=1S/C14H20N2O/c1-16(13-9-3-2-4-10-13)15-14(17)11-12-7-5-6-8-12/h2-4,9-10,12H,5-8,11H2,1H3,(H,15,17). The summed E-state index contributed by atoms with van der Waals surface area (Å²) in [4.78, 5) is 11.8. The highest BCUT2D eigenvalue weighted by atomic mass is 16.2. The third kappa shape index (κ3) is 3.48. The molecule has 0 spiro atoms. The van der Waals surface area contributed by atoms with Crippen LogP contribution in [0, 0.1) is 5.92 Å². The minimum absolute atomic E-state index is 0.128. The third-order valence-corrected chi connectivity index (χ3v) is 3.38. The van der Waals surface area contributed by atoms with Crippen molar-refractivity contribution in [1.82, 2.24) is 5.43 Å². The zero-order valence-electron chi connectivity index (χ0n) is 10.4. The van der Waals surface area contributed by atoms with Gasteiger partial charge in [0.15, 0.2) is 0 Å². The van der Waals surface area contributed by atoms with E-state index in [-0.39, 0.29) is 5.91 Å². The molecule has 1 N–H and O–H groups in total. The van der Waals surface area contributed by atoms with Gasteiger partial charge in [-0.3, -0.25) is 15.2 Å². The van der Waals surface area contributed by atoms with Crippen molar-refractivity contribution in [1.29, 1.82) is 0 Å². The van der Waals surface area contributed by atoms with Crippen LogP contribution in [0.15, 0.2) is 30.3 Å². The minimum atomic E-state index is 0.128. The number of hydrogen-bond acceptors (Lipinski definition) is 2. The molecule has 1 aromatic carbocycles. The maximum atomic E-state index is 11.8. The maximum absolute atomic E-state index is 11.8. The molecule has 1 saturated carbocycles. The van der Waals surface area contributed by atoms with E-state index in [9.17, 15) is 4.79 Å². The molecule has 0 saturated heterocycles. The van der Waals surface area contributed by atoms with Crippen LogP contribution in [0.3, 0.4) is 0 Å². The zero-order chi connectivity index (χ0) is 12.1. The third-order valence-electron chi connectivity index (χ3n) is 3.38. The van der Waals surface area contributed by atoms with Gasteiger partial charge in [0.25, 0.3) is 0 Å². The molecule has 0 bridgehead atoms. The van der Waals surface area contributed by atoms with Crippen LogP contribution in [0.1, 0.15) is 32.1 Å². The van der Waals surface area contributed by atoms with Crippen molar-refractivity contribution < 1.29 is 4.79 Å². The first kappa shape index (κ1) is 12.0. The molecule has 92 valence electrons. The number of nitrogens with zero attached hydrogens (tertiary/aromatic N) is 1. The zero-order valence-corrected chi connectivity index (χ0v) is 10.4. The summed E-state index contributed by atoms with van der Waals surface area (Å²) in [5.74, 6) is 0.724. The van der Waals surface area contributed by atoms with Gasteiger partial charge < -0.3 is 0 Å². The van der Waals surface area contributed by atoms with Crippen molar-refractivity contribution in [3.05, 3.63) is 30.3 Å². The normalized spacial score (nSPS) is 15.8. The summed E-state index contributed by atoms with van der Waals surface area (Å²) in [7, 11) is 1.88. The van der Waals surface area contributed by atoms with Gasteiger partial charge >= 0.3 is 0 Å². The average Bonchev–Trinajstić information content (AvgIpc) is 2.82. The van der Waals surface area contributed by atoms with E-state index in [1.54, 1.807) is 5.01 Å². The molecule has 0 aliphatic heterocycles. The van der Waals surface area contributed by atoms with Gasteiger partial charge in [0, 0.05) is 13.5 Å². The summed E-state index contributed by atoms with van der Waals surface area (Å²) >= 11 is 0. The van der Waals surface area contributed by atoms with Gasteiger partial charge in [-0.15, -0.1) is 0 Å². The Morgan fingerprint density at radius 3 is 2.59 bits per heavy atom. The summed E-state index contributed by atoms with van der Waals surface area (Å²) in [5.41, 5.74) is 3.92. The first-order valence-corrected chi connectivity index (χ1v) is 6.34. The molecule has 3 nitrogen and oxygen atoms in total. The molecule has 0 radical (unpaired) electrons. The molecule has 3 heteroatoms. The second-order valence-electron chi connectivity index (χ2n) is 4.78. The van der Waals surface area contributed by atoms with Crippen LogP contribution in [-0.2, 0) is 4.79 Å². The van der Waals surface area contributed by atoms with Crippen molar-refractivity contribution in [2.45, 2.75) is 32.1 Å². The Balaban J connectivity index is 1.81. The number of rotatable bonds is 4. The average molecular weight is 232 g/mol. The Morgan fingerprint density at radius 2 is 1.94 bits per heavy atom.